The molecule has 2 N–H and O–H groups in total. The number of rotatable bonds is 5. The number of ether oxygens (including phenoxy) is 2. The Hall–Kier alpha value is -2.20. The van der Waals surface area contributed by atoms with Crippen molar-refractivity contribution in [3.63, 3.8) is 0 Å². The van der Waals surface area contributed by atoms with Crippen molar-refractivity contribution in [1.82, 2.24) is 0 Å². The smallest absolute Gasteiger partial charge is 0.138 e. The third-order valence-corrected chi connectivity index (χ3v) is 3.29. The number of aryl methyl sites for hydroxylation is 1. The minimum Gasteiger partial charge on any atom is -0.496 e. The molecular formula is C16H17ClN2O2. The van der Waals surface area contributed by atoms with Gasteiger partial charge in [0.1, 0.15) is 18.1 Å². The molecule has 4 nitrogen and oxygen atoms in total. The van der Waals surface area contributed by atoms with E-state index < -0.39 is 0 Å². The van der Waals surface area contributed by atoms with Gasteiger partial charge in [-0.1, -0.05) is 17.7 Å². The normalized spacial score (nSPS) is 10.8. The molecule has 0 aliphatic rings. The maximum atomic E-state index is 6.16. The highest BCUT2D eigenvalue weighted by Gasteiger charge is 2.07. The molecule has 110 valence electrons. The summed E-state index contributed by atoms with van der Waals surface area (Å²) in [5.41, 5.74) is 2.87. The number of methoxy groups -OCH3 is 1. The van der Waals surface area contributed by atoms with Crippen LogP contribution >= 0.6 is 11.6 Å². The molecule has 21 heavy (non-hydrogen) atoms. The number of hydrazone groups is 1. The zero-order valence-electron chi connectivity index (χ0n) is 12.0. The van der Waals surface area contributed by atoms with E-state index in [1.54, 1.807) is 13.3 Å². The van der Waals surface area contributed by atoms with Crippen LogP contribution in [0.5, 0.6) is 11.5 Å². The fraction of sp³-hybridized carbons (Fsp3) is 0.188. The first-order valence-electron chi connectivity index (χ1n) is 6.43. The summed E-state index contributed by atoms with van der Waals surface area (Å²) in [6.45, 7) is 2.33. The van der Waals surface area contributed by atoms with Crippen molar-refractivity contribution in [1.29, 1.82) is 0 Å². The lowest BCUT2D eigenvalue weighted by atomic mass is 10.1. The first kappa shape index (κ1) is 15.2. The molecule has 0 aliphatic heterocycles. The molecule has 0 bridgehead atoms. The van der Waals surface area contributed by atoms with Crippen molar-refractivity contribution < 1.29 is 9.47 Å². The van der Waals surface area contributed by atoms with Crippen molar-refractivity contribution in [2.24, 2.45) is 10.9 Å². The van der Waals surface area contributed by atoms with E-state index in [2.05, 4.69) is 5.10 Å². The van der Waals surface area contributed by atoms with Crippen LogP contribution in [0.3, 0.4) is 0 Å². The maximum absolute atomic E-state index is 6.16. The van der Waals surface area contributed by atoms with Crippen LogP contribution in [-0.2, 0) is 6.61 Å². The van der Waals surface area contributed by atoms with Gasteiger partial charge in [0.25, 0.3) is 0 Å². The minimum absolute atomic E-state index is 0.345. The summed E-state index contributed by atoms with van der Waals surface area (Å²) in [4.78, 5) is 0. The Balaban J connectivity index is 2.20. The lowest BCUT2D eigenvalue weighted by Gasteiger charge is -2.12. The molecule has 0 saturated heterocycles. The highest BCUT2D eigenvalue weighted by Crippen LogP contribution is 2.27. The number of hydrogen-bond donors (Lipinski definition) is 1. The second-order valence-electron chi connectivity index (χ2n) is 4.57. The molecule has 2 aromatic rings. The van der Waals surface area contributed by atoms with Crippen molar-refractivity contribution in [2.45, 2.75) is 13.5 Å². The molecule has 5 heteroatoms. The summed E-state index contributed by atoms with van der Waals surface area (Å²) in [7, 11) is 1.62. The molecule has 0 heterocycles. The molecule has 0 spiro atoms. The summed E-state index contributed by atoms with van der Waals surface area (Å²) in [5.74, 6) is 6.55. The predicted octanol–water partition coefficient (Wildman–Crippen LogP) is 3.53. The molecule has 0 radical (unpaired) electrons. The van der Waals surface area contributed by atoms with Crippen LogP contribution in [0, 0.1) is 6.92 Å². The van der Waals surface area contributed by atoms with Crippen LogP contribution in [0.1, 0.15) is 16.7 Å². The Bertz CT molecular complexity index is 657. The average Bonchev–Trinajstić information content (AvgIpc) is 2.47. The van der Waals surface area contributed by atoms with Gasteiger partial charge in [-0.15, -0.1) is 0 Å². The van der Waals surface area contributed by atoms with Crippen molar-refractivity contribution in [2.75, 3.05) is 7.11 Å². The van der Waals surface area contributed by atoms with Gasteiger partial charge < -0.3 is 15.3 Å². The number of hydrogen-bond acceptors (Lipinski definition) is 4. The van der Waals surface area contributed by atoms with E-state index in [9.17, 15) is 0 Å². The van der Waals surface area contributed by atoms with Gasteiger partial charge in [0.05, 0.1) is 18.3 Å². The largest absolute Gasteiger partial charge is 0.496 e. The Morgan fingerprint density at radius 1 is 1.19 bits per heavy atom. The number of benzene rings is 2. The van der Waals surface area contributed by atoms with E-state index in [-0.39, 0.29) is 0 Å². The highest BCUT2D eigenvalue weighted by atomic mass is 35.5. The summed E-state index contributed by atoms with van der Waals surface area (Å²) >= 11 is 6.16. The van der Waals surface area contributed by atoms with E-state index in [0.29, 0.717) is 17.4 Å². The molecule has 0 atom stereocenters. The maximum Gasteiger partial charge on any atom is 0.138 e. The quantitative estimate of drug-likeness (QED) is 0.522. The standard InChI is InChI=1S/C16H17ClN2O2/c1-11-3-5-16(14(17)7-11)21-10-13-8-12(9-19-18)4-6-15(13)20-2/h3-9H,10,18H2,1-2H3. The molecule has 0 unspecified atom stereocenters. The topological polar surface area (TPSA) is 56.8 Å². The van der Waals surface area contributed by atoms with Gasteiger partial charge in [-0.3, -0.25) is 0 Å². The van der Waals surface area contributed by atoms with Gasteiger partial charge in [0.15, 0.2) is 0 Å². The van der Waals surface area contributed by atoms with Crippen molar-refractivity contribution in [3.8, 4) is 11.5 Å². The number of halogens is 1. The van der Waals surface area contributed by atoms with Crippen LogP contribution in [0.15, 0.2) is 41.5 Å². The van der Waals surface area contributed by atoms with E-state index in [1.807, 2.05) is 43.3 Å². The lowest BCUT2D eigenvalue weighted by Crippen LogP contribution is -2.01. The zero-order valence-corrected chi connectivity index (χ0v) is 12.7. The lowest BCUT2D eigenvalue weighted by molar-refractivity contribution is 0.297. The van der Waals surface area contributed by atoms with Gasteiger partial charge in [0.2, 0.25) is 0 Å². The van der Waals surface area contributed by atoms with Crippen LogP contribution in [0.2, 0.25) is 5.02 Å². The summed E-state index contributed by atoms with van der Waals surface area (Å²) in [5, 5.41) is 4.11. The minimum atomic E-state index is 0.345. The first-order valence-corrected chi connectivity index (χ1v) is 6.81. The molecule has 0 aromatic heterocycles. The fourth-order valence-electron chi connectivity index (χ4n) is 1.96. The van der Waals surface area contributed by atoms with Crippen LogP contribution in [-0.4, -0.2) is 13.3 Å². The zero-order chi connectivity index (χ0) is 15.2. The SMILES string of the molecule is COc1ccc(C=NN)cc1COc1ccc(C)cc1Cl. The van der Waals surface area contributed by atoms with Crippen LogP contribution in [0.25, 0.3) is 0 Å². The highest BCUT2D eigenvalue weighted by molar-refractivity contribution is 6.32. The Morgan fingerprint density at radius 3 is 2.62 bits per heavy atom. The first-order chi connectivity index (χ1) is 10.1. The third-order valence-electron chi connectivity index (χ3n) is 3.00. The predicted molar refractivity (Wildman–Crippen MR) is 85.3 cm³/mol. The van der Waals surface area contributed by atoms with Gasteiger partial charge in [-0.05, 0) is 48.4 Å². The summed E-state index contributed by atoms with van der Waals surface area (Å²) in [6.07, 6.45) is 1.57. The van der Waals surface area contributed by atoms with Gasteiger partial charge >= 0.3 is 0 Å². The molecule has 2 rings (SSSR count). The molecular weight excluding hydrogens is 288 g/mol. The van der Waals surface area contributed by atoms with Crippen LogP contribution < -0.4 is 15.3 Å². The summed E-state index contributed by atoms with van der Waals surface area (Å²) in [6, 6.07) is 11.3. The number of nitrogens with two attached hydrogens (primary N) is 1. The van der Waals surface area contributed by atoms with Crippen LogP contribution in [0.4, 0.5) is 0 Å². The number of nitrogens with zero attached hydrogens (tertiary/aromatic N) is 1. The molecule has 0 amide bonds. The van der Waals surface area contributed by atoms with Gasteiger partial charge in [-0.2, -0.15) is 5.10 Å². The molecule has 2 aromatic carbocycles. The van der Waals surface area contributed by atoms with E-state index in [4.69, 9.17) is 26.9 Å². The van der Waals surface area contributed by atoms with E-state index >= 15 is 0 Å². The average molecular weight is 305 g/mol. The Kier molecular flexibility index (Phi) is 5.06. The monoisotopic (exact) mass is 304 g/mol. The molecule has 0 aliphatic carbocycles. The fourth-order valence-corrected chi connectivity index (χ4v) is 2.25. The Morgan fingerprint density at radius 2 is 1.95 bits per heavy atom. The summed E-state index contributed by atoms with van der Waals surface area (Å²) < 4.78 is 11.1. The van der Waals surface area contributed by atoms with Crippen molar-refractivity contribution >= 4 is 17.8 Å². The second-order valence-corrected chi connectivity index (χ2v) is 4.98. The Labute approximate surface area is 129 Å². The molecule has 0 saturated carbocycles. The van der Waals surface area contributed by atoms with Crippen molar-refractivity contribution in [3.05, 3.63) is 58.1 Å². The van der Waals surface area contributed by atoms with Gasteiger partial charge in [-0.25, -0.2) is 0 Å². The van der Waals surface area contributed by atoms with E-state index in [1.165, 1.54) is 0 Å². The molecule has 0 fully saturated rings. The second kappa shape index (κ2) is 6.99. The third kappa shape index (κ3) is 3.89. The van der Waals surface area contributed by atoms with Gasteiger partial charge in [0, 0.05) is 5.56 Å². The van der Waals surface area contributed by atoms with E-state index in [0.717, 1.165) is 22.4 Å².